The Kier molecular flexibility index (Phi) is 3.85. The molecule has 0 saturated carbocycles. The summed E-state index contributed by atoms with van der Waals surface area (Å²) in [5.41, 5.74) is -0.597. The third kappa shape index (κ3) is 3.46. The fraction of sp³-hybridized carbons (Fsp3) is 0.667. The maximum absolute atomic E-state index is 13.6. The molecule has 0 unspecified atom stereocenters. The maximum atomic E-state index is 13.6. The predicted octanol–water partition coefficient (Wildman–Crippen LogP) is 3.19. The number of H-pyrrole nitrogens is 1. The van der Waals surface area contributed by atoms with Crippen LogP contribution >= 0.6 is 15.9 Å². The van der Waals surface area contributed by atoms with E-state index in [2.05, 4.69) is 25.9 Å². The van der Waals surface area contributed by atoms with Crippen molar-refractivity contribution in [3.8, 4) is 0 Å². The Balaban J connectivity index is 2.16. The van der Waals surface area contributed by atoms with E-state index in [1.165, 1.54) is 4.90 Å². The van der Waals surface area contributed by atoms with Gasteiger partial charge in [-0.15, -0.1) is 0 Å². The number of aromatic nitrogens is 2. The highest BCUT2D eigenvalue weighted by Crippen LogP contribution is 2.33. The van der Waals surface area contributed by atoms with Crippen LogP contribution in [0.5, 0.6) is 0 Å². The Hall–Kier alpha value is -1.11. The number of likely N-dealkylation sites (tertiary alicyclic amines) is 1. The van der Waals surface area contributed by atoms with Crippen molar-refractivity contribution in [3.05, 3.63) is 16.6 Å². The summed E-state index contributed by atoms with van der Waals surface area (Å²) in [6, 6.07) is -0.406. The summed E-state index contributed by atoms with van der Waals surface area (Å²) in [6.07, 6.45) is 0.333. The molecule has 0 aliphatic carbocycles. The van der Waals surface area contributed by atoms with Crippen LogP contribution in [0.2, 0.25) is 0 Å². The van der Waals surface area contributed by atoms with Gasteiger partial charge in [-0.25, -0.2) is 14.2 Å². The number of alkyl halides is 1. The zero-order valence-electron chi connectivity index (χ0n) is 11.1. The van der Waals surface area contributed by atoms with E-state index in [9.17, 15) is 9.18 Å². The summed E-state index contributed by atoms with van der Waals surface area (Å²) in [6.45, 7) is 5.39. The molecule has 5 nitrogen and oxygen atoms in total. The number of hydrogen-bond donors (Lipinski definition) is 1. The lowest BCUT2D eigenvalue weighted by atomic mass is 10.2. The first-order valence-electron chi connectivity index (χ1n) is 6.11. The average molecular weight is 334 g/mol. The number of nitrogens with zero attached hydrogens (tertiary/aromatic N) is 2. The number of ether oxygens (including phenoxy) is 1. The van der Waals surface area contributed by atoms with E-state index in [1.807, 2.05) is 0 Å². The van der Waals surface area contributed by atoms with Crippen molar-refractivity contribution < 1.29 is 13.9 Å². The van der Waals surface area contributed by atoms with Gasteiger partial charge in [0.2, 0.25) is 0 Å². The molecular weight excluding hydrogens is 317 g/mol. The third-order valence-corrected chi connectivity index (χ3v) is 3.17. The molecule has 2 heterocycles. The van der Waals surface area contributed by atoms with Crippen LogP contribution in [0.4, 0.5) is 9.18 Å². The molecule has 0 bridgehead atoms. The molecule has 2 rings (SSSR count). The van der Waals surface area contributed by atoms with Gasteiger partial charge >= 0.3 is 6.09 Å². The number of nitrogens with one attached hydrogen (secondary N) is 1. The molecule has 0 aromatic carbocycles. The van der Waals surface area contributed by atoms with Crippen LogP contribution in [0.15, 0.2) is 10.8 Å². The third-order valence-electron chi connectivity index (χ3n) is 2.76. The smallest absolute Gasteiger partial charge is 0.411 e. The van der Waals surface area contributed by atoms with Gasteiger partial charge in [-0.1, -0.05) is 0 Å². The topological polar surface area (TPSA) is 58.2 Å². The number of halogens is 2. The molecule has 0 radical (unpaired) electrons. The van der Waals surface area contributed by atoms with Crippen LogP contribution in [0.3, 0.4) is 0 Å². The van der Waals surface area contributed by atoms with E-state index < -0.39 is 23.9 Å². The minimum absolute atomic E-state index is 0.0396. The van der Waals surface area contributed by atoms with Crippen LogP contribution in [0.25, 0.3) is 0 Å². The summed E-state index contributed by atoms with van der Waals surface area (Å²) >= 11 is 3.23. The molecule has 1 aliphatic rings. The Morgan fingerprint density at radius 2 is 2.32 bits per heavy atom. The molecule has 2 atom stereocenters. The van der Waals surface area contributed by atoms with E-state index in [-0.39, 0.29) is 13.0 Å². The van der Waals surface area contributed by atoms with Gasteiger partial charge in [0.25, 0.3) is 0 Å². The van der Waals surface area contributed by atoms with Crippen molar-refractivity contribution in [1.29, 1.82) is 0 Å². The average Bonchev–Trinajstić information content (AvgIpc) is 2.81. The lowest BCUT2D eigenvalue weighted by Gasteiger charge is -2.27. The Morgan fingerprint density at radius 1 is 1.63 bits per heavy atom. The van der Waals surface area contributed by atoms with Crippen LogP contribution in [0.1, 0.15) is 39.1 Å². The molecule has 0 spiro atoms. The SMILES string of the molecule is CC(C)(C)OC(=O)N1C[C@H](F)C[C@H]1c1nc(Br)c[nH]1. The number of amides is 1. The van der Waals surface area contributed by atoms with Gasteiger partial charge in [0.15, 0.2) is 0 Å². The monoisotopic (exact) mass is 333 g/mol. The summed E-state index contributed by atoms with van der Waals surface area (Å²) < 4.78 is 19.5. The number of rotatable bonds is 1. The van der Waals surface area contributed by atoms with Crippen LogP contribution < -0.4 is 0 Å². The van der Waals surface area contributed by atoms with Crippen molar-refractivity contribution in [3.63, 3.8) is 0 Å². The number of carbonyl (C=O) groups excluding carboxylic acids is 1. The first-order valence-corrected chi connectivity index (χ1v) is 6.90. The first kappa shape index (κ1) is 14.3. The van der Waals surface area contributed by atoms with Crippen molar-refractivity contribution in [1.82, 2.24) is 14.9 Å². The Labute approximate surface area is 119 Å². The fourth-order valence-corrected chi connectivity index (χ4v) is 2.36. The summed E-state index contributed by atoms with van der Waals surface area (Å²) in [5.74, 6) is 0.567. The standard InChI is InChI=1S/C12H17BrFN3O2/c1-12(2,3)19-11(18)17-6-7(14)4-8(17)10-15-5-9(13)16-10/h5,7-8H,4,6H2,1-3H3,(H,15,16)/t7-,8+/m1/s1. The molecule has 1 aromatic heterocycles. The van der Waals surface area contributed by atoms with Crippen molar-refractivity contribution in [2.24, 2.45) is 0 Å². The molecule has 1 amide bonds. The first-order chi connectivity index (χ1) is 8.76. The number of carbonyl (C=O) groups is 1. The van der Waals surface area contributed by atoms with Gasteiger partial charge in [-0.3, -0.25) is 4.90 Å². The quantitative estimate of drug-likeness (QED) is 0.858. The van der Waals surface area contributed by atoms with Crippen LogP contribution in [-0.2, 0) is 4.74 Å². The van der Waals surface area contributed by atoms with Crippen molar-refractivity contribution in [2.45, 2.75) is 45.0 Å². The number of hydrogen-bond acceptors (Lipinski definition) is 3. The van der Waals surface area contributed by atoms with Gasteiger partial charge in [-0.2, -0.15) is 0 Å². The van der Waals surface area contributed by atoms with Crippen LogP contribution in [-0.4, -0.2) is 39.3 Å². The zero-order valence-corrected chi connectivity index (χ0v) is 12.7. The summed E-state index contributed by atoms with van der Waals surface area (Å²) in [5, 5.41) is 0. The largest absolute Gasteiger partial charge is 0.444 e. The maximum Gasteiger partial charge on any atom is 0.411 e. The molecule has 1 saturated heterocycles. The lowest BCUT2D eigenvalue weighted by molar-refractivity contribution is 0.0211. The normalized spacial score (nSPS) is 23.7. The van der Waals surface area contributed by atoms with E-state index in [0.717, 1.165) is 0 Å². The molecule has 106 valence electrons. The van der Waals surface area contributed by atoms with E-state index in [1.54, 1.807) is 27.0 Å². The lowest BCUT2D eigenvalue weighted by Crippen LogP contribution is -2.37. The van der Waals surface area contributed by atoms with E-state index in [0.29, 0.717) is 10.4 Å². The highest BCUT2D eigenvalue weighted by molar-refractivity contribution is 9.10. The molecule has 1 aromatic rings. The second-order valence-corrected chi connectivity index (χ2v) is 6.40. The molecule has 1 aliphatic heterocycles. The minimum atomic E-state index is -1.05. The molecular formula is C12H17BrFN3O2. The van der Waals surface area contributed by atoms with E-state index in [4.69, 9.17) is 4.74 Å². The summed E-state index contributed by atoms with van der Waals surface area (Å²) in [4.78, 5) is 20.6. The Morgan fingerprint density at radius 3 is 2.84 bits per heavy atom. The van der Waals surface area contributed by atoms with Gasteiger partial charge in [-0.05, 0) is 36.7 Å². The highest BCUT2D eigenvalue weighted by Gasteiger charge is 2.40. The van der Waals surface area contributed by atoms with E-state index >= 15 is 0 Å². The number of aromatic amines is 1. The molecule has 19 heavy (non-hydrogen) atoms. The van der Waals surface area contributed by atoms with Crippen LogP contribution in [0, 0.1) is 0 Å². The minimum Gasteiger partial charge on any atom is -0.444 e. The fourth-order valence-electron chi connectivity index (χ4n) is 2.05. The highest BCUT2D eigenvalue weighted by atomic mass is 79.9. The molecule has 1 N–H and O–H groups in total. The van der Waals surface area contributed by atoms with Gasteiger partial charge in [0, 0.05) is 12.6 Å². The molecule has 1 fully saturated rings. The van der Waals surface area contributed by atoms with Crippen molar-refractivity contribution in [2.75, 3.05) is 6.54 Å². The van der Waals surface area contributed by atoms with Gasteiger partial charge in [0.1, 0.15) is 22.2 Å². The zero-order chi connectivity index (χ0) is 14.2. The Bertz CT molecular complexity index is 472. The summed E-state index contributed by atoms with van der Waals surface area (Å²) in [7, 11) is 0. The predicted molar refractivity (Wildman–Crippen MR) is 71.5 cm³/mol. The second-order valence-electron chi connectivity index (χ2n) is 5.59. The number of imidazole rings is 1. The second kappa shape index (κ2) is 5.11. The molecule has 7 heteroatoms. The van der Waals surface area contributed by atoms with Gasteiger partial charge < -0.3 is 9.72 Å². The van der Waals surface area contributed by atoms with Crippen molar-refractivity contribution >= 4 is 22.0 Å². The van der Waals surface area contributed by atoms with Gasteiger partial charge in [0.05, 0.1) is 12.6 Å².